The number of piperidine rings is 1. The minimum atomic E-state index is 0.652. The number of aromatic nitrogens is 1. The standard InChI is InChI=1S/C17H25N3/c1-13-7-8-20(11-14(13)9-18)12-15-10-19(2)17-6-4-3-5-16(15)17/h3-6,10,13-14H,7-9,11-12,18H2,1-2H3. The summed E-state index contributed by atoms with van der Waals surface area (Å²) >= 11 is 0. The topological polar surface area (TPSA) is 34.2 Å². The van der Waals surface area contributed by atoms with Crippen LogP contribution in [0.1, 0.15) is 18.9 Å². The highest BCUT2D eigenvalue weighted by molar-refractivity contribution is 5.83. The van der Waals surface area contributed by atoms with Crippen LogP contribution in [0.25, 0.3) is 10.9 Å². The van der Waals surface area contributed by atoms with Gasteiger partial charge < -0.3 is 10.3 Å². The highest BCUT2D eigenvalue weighted by Crippen LogP contribution is 2.26. The lowest BCUT2D eigenvalue weighted by molar-refractivity contribution is 0.126. The number of hydrogen-bond acceptors (Lipinski definition) is 2. The second-order valence-corrected chi connectivity index (χ2v) is 6.28. The van der Waals surface area contributed by atoms with Crippen molar-refractivity contribution in [2.24, 2.45) is 24.6 Å². The molecule has 1 saturated heterocycles. The van der Waals surface area contributed by atoms with Gasteiger partial charge in [0.2, 0.25) is 0 Å². The molecule has 0 radical (unpaired) electrons. The zero-order valence-corrected chi connectivity index (χ0v) is 12.5. The van der Waals surface area contributed by atoms with Crippen molar-refractivity contribution in [2.75, 3.05) is 19.6 Å². The summed E-state index contributed by atoms with van der Waals surface area (Å²) in [7, 11) is 2.13. The van der Waals surface area contributed by atoms with Crippen LogP contribution in [0.2, 0.25) is 0 Å². The highest BCUT2D eigenvalue weighted by atomic mass is 15.1. The number of likely N-dealkylation sites (tertiary alicyclic amines) is 1. The van der Waals surface area contributed by atoms with Gasteiger partial charge in [-0.05, 0) is 43.0 Å². The molecule has 20 heavy (non-hydrogen) atoms. The monoisotopic (exact) mass is 271 g/mol. The number of benzene rings is 1. The molecule has 0 amide bonds. The molecule has 2 unspecified atom stereocenters. The van der Waals surface area contributed by atoms with Crippen molar-refractivity contribution in [3.8, 4) is 0 Å². The summed E-state index contributed by atoms with van der Waals surface area (Å²) in [5.74, 6) is 1.42. The Morgan fingerprint density at radius 1 is 1.30 bits per heavy atom. The van der Waals surface area contributed by atoms with E-state index in [1.54, 1.807) is 0 Å². The van der Waals surface area contributed by atoms with Gasteiger partial charge in [-0.3, -0.25) is 4.90 Å². The van der Waals surface area contributed by atoms with Gasteiger partial charge in [-0.2, -0.15) is 0 Å². The number of aryl methyl sites for hydroxylation is 1. The van der Waals surface area contributed by atoms with E-state index < -0.39 is 0 Å². The molecule has 0 bridgehead atoms. The van der Waals surface area contributed by atoms with Crippen molar-refractivity contribution in [1.29, 1.82) is 0 Å². The van der Waals surface area contributed by atoms with Crippen LogP contribution in [-0.4, -0.2) is 29.1 Å². The molecular weight excluding hydrogens is 246 g/mol. The Hall–Kier alpha value is -1.32. The van der Waals surface area contributed by atoms with Crippen LogP contribution in [0.3, 0.4) is 0 Å². The minimum Gasteiger partial charge on any atom is -0.350 e. The molecule has 0 aliphatic carbocycles. The van der Waals surface area contributed by atoms with Crippen LogP contribution in [0.5, 0.6) is 0 Å². The fraction of sp³-hybridized carbons (Fsp3) is 0.529. The Balaban J connectivity index is 1.80. The summed E-state index contributed by atoms with van der Waals surface area (Å²) in [6.07, 6.45) is 3.55. The van der Waals surface area contributed by atoms with E-state index >= 15 is 0 Å². The summed E-state index contributed by atoms with van der Waals surface area (Å²) in [5.41, 5.74) is 8.67. The van der Waals surface area contributed by atoms with E-state index in [1.807, 2.05) is 0 Å². The first kappa shape index (κ1) is 13.7. The van der Waals surface area contributed by atoms with Crippen LogP contribution >= 0.6 is 0 Å². The van der Waals surface area contributed by atoms with Crippen molar-refractivity contribution in [3.05, 3.63) is 36.0 Å². The zero-order chi connectivity index (χ0) is 14.1. The fourth-order valence-electron chi connectivity index (χ4n) is 3.47. The number of rotatable bonds is 3. The van der Waals surface area contributed by atoms with Crippen molar-refractivity contribution < 1.29 is 0 Å². The molecule has 1 aromatic heterocycles. The lowest BCUT2D eigenvalue weighted by atomic mass is 9.87. The third-order valence-electron chi connectivity index (χ3n) is 4.87. The molecule has 2 aromatic rings. The highest BCUT2D eigenvalue weighted by Gasteiger charge is 2.25. The summed E-state index contributed by atoms with van der Waals surface area (Å²) in [5, 5.41) is 1.39. The Bertz CT molecular complexity index is 587. The summed E-state index contributed by atoms with van der Waals surface area (Å²) in [4.78, 5) is 2.57. The molecule has 0 saturated carbocycles. The number of nitrogens with zero attached hydrogens (tertiary/aromatic N) is 2. The lowest BCUT2D eigenvalue weighted by Gasteiger charge is -2.36. The van der Waals surface area contributed by atoms with E-state index in [0.29, 0.717) is 5.92 Å². The average Bonchev–Trinajstić information content (AvgIpc) is 2.78. The summed E-state index contributed by atoms with van der Waals surface area (Å²) in [6.45, 7) is 6.53. The number of para-hydroxylation sites is 1. The second-order valence-electron chi connectivity index (χ2n) is 6.28. The fourth-order valence-corrected chi connectivity index (χ4v) is 3.47. The average molecular weight is 271 g/mol. The molecule has 1 aliphatic rings. The van der Waals surface area contributed by atoms with Crippen LogP contribution in [0, 0.1) is 11.8 Å². The lowest BCUT2D eigenvalue weighted by Crippen LogP contribution is -2.42. The summed E-state index contributed by atoms with van der Waals surface area (Å²) < 4.78 is 2.23. The zero-order valence-electron chi connectivity index (χ0n) is 12.5. The van der Waals surface area contributed by atoms with Crippen molar-refractivity contribution in [2.45, 2.75) is 19.9 Å². The Morgan fingerprint density at radius 3 is 2.90 bits per heavy atom. The van der Waals surface area contributed by atoms with Crippen LogP contribution < -0.4 is 5.73 Å². The second kappa shape index (κ2) is 5.58. The molecule has 2 atom stereocenters. The molecule has 3 heteroatoms. The van der Waals surface area contributed by atoms with Gasteiger partial charge in [0.25, 0.3) is 0 Å². The maximum absolute atomic E-state index is 5.91. The predicted octanol–water partition coefficient (Wildman–Crippen LogP) is 2.59. The molecule has 1 fully saturated rings. The first-order valence-corrected chi connectivity index (χ1v) is 7.64. The van der Waals surface area contributed by atoms with Crippen LogP contribution in [0.4, 0.5) is 0 Å². The largest absolute Gasteiger partial charge is 0.350 e. The number of nitrogens with two attached hydrogens (primary N) is 1. The van der Waals surface area contributed by atoms with Gasteiger partial charge in [-0.25, -0.2) is 0 Å². The molecule has 108 valence electrons. The first-order chi connectivity index (χ1) is 9.69. The molecule has 2 heterocycles. The van der Waals surface area contributed by atoms with Crippen LogP contribution in [-0.2, 0) is 13.6 Å². The van der Waals surface area contributed by atoms with E-state index in [2.05, 4.69) is 53.9 Å². The third-order valence-corrected chi connectivity index (χ3v) is 4.87. The van der Waals surface area contributed by atoms with E-state index in [9.17, 15) is 0 Å². The molecule has 3 nitrogen and oxygen atoms in total. The molecule has 3 rings (SSSR count). The van der Waals surface area contributed by atoms with E-state index in [4.69, 9.17) is 5.73 Å². The summed E-state index contributed by atoms with van der Waals surface area (Å²) in [6, 6.07) is 8.67. The van der Waals surface area contributed by atoms with Gasteiger partial charge in [-0.1, -0.05) is 25.1 Å². The number of fused-ring (bicyclic) bond motifs is 1. The molecule has 1 aromatic carbocycles. The van der Waals surface area contributed by atoms with Gasteiger partial charge >= 0.3 is 0 Å². The van der Waals surface area contributed by atoms with Gasteiger partial charge in [0.05, 0.1) is 0 Å². The first-order valence-electron chi connectivity index (χ1n) is 7.64. The molecule has 0 spiro atoms. The van der Waals surface area contributed by atoms with Crippen LogP contribution in [0.15, 0.2) is 30.5 Å². The van der Waals surface area contributed by atoms with Crippen molar-refractivity contribution in [1.82, 2.24) is 9.47 Å². The minimum absolute atomic E-state index is 0.652. The molecule has 1 aliphatic heterocycles. The molecule has 2 N–H and O–H groups in total. The normalized spacial score (nSPS) is 24.4. The van der Waals surface area contributed by atoms with E-state index in [0.717, 1.165) is 25.6 Å². The van der Waals surface area contributed by atoms with E-state index in [-0.39, 0.29) is 0 Å². The Kier molecular flexibility index (Phi) is 3.81. The smallest absolute Gasteiger partial charge is 0.0481 e. The van der Waals surface area contributed by atoms with Gasteiger partial charge in [0, 0.05) is 37.2 Å². The van der Waals surface area contributed by atoms with Gasteiger partial charge in [0.15, 0.2) is 0 Å². The van der Waals surface area contributed by atoms with Crippen molar-refractivity contribution in [3.63, 3.8) is 0 Å². The quantitative estimate of drug-likeness (QED) is 0.931. The maximum Gasteiger partial charge on any atom is 0.0481 e. The predicted molar refractivity (Wildman–Crippen MR) is 84.5 cm³/mol. The maximum atomic E-state index is 5.91. The third kappa shape index (κ3) is 2.48. The number of hydrogen-bond donors (Lipinski definition) is 1. The Morgan fingerprint density at radius 2 is 2.10 bits per heavy atom. The van der Waals surface area contributed by atoms with Crippen molar-refractivity contribution >= 4 is 10.9 Å². The SMILES string of the molecule is CC1CCN(Cc2cn(C)c3ccccc23)CC1CN. The van der Waals surface area contributed by atoms with Gasteiger partial charge in [-0.15, -0.1) is 0 Å². The Labute approximate surface area is 121 Å². The van der Waals surface area contributed by atoms with E-state index in [1.165, 1.54) is 29.4 Å². The molecular formula is C17H25N3. The van der Waals surface area contributed by atoms with Gasteiger partial charge in [0.1, 0.15) is 0 Å².